The quantitative estimate of drug-likeness (QED) is 0.725. The fourth-order valence-corrected chi connectivity index (χ4v) is 3.04. The van der Waals surface area contributed by atoms with Crippen molar-refractivity contribution in [1.82, 2.24) is 14.6 Å². The van der Waals surface area contributed by atoms with Gasteiger partial charge in [-0.05, 0) is 12.1 Å². The number of thiazole rings is 1. The third kappa shape index (κ3) is 2.80. The van der Waals surface area contributed by atoms with Gasteiger partial charge in [-0.3, -0.25) is 5.01 Å². The van der Waals surface area contributed by atoms with Gasteiger partial charge in [0.25, 0.3) is 0 Å². The van der Waals surface area contributed by atoms with Crippen molar-refractivity contribution in [1.29, 1.82) is 0 Å². The number of imidazole rings is 1. The number of anilines is 1. The summed E-state index contributed by atoms with van der Waals surface area (Å²) in [5, 5.41) is 5.72. The molecule has 0 N–H and O–H groups in total. The van der Waals surface area contributed by atoms with E-state index in [-0.39, 0.29) is 0 Å². The first-order chi connectivity index (χ1) is 10.2. The second kappa shape index (κ2) is 5.87. The van der Waals surface area contributed by atoms with Gasteiger partial charge in [-0.15, -0.1) is 11.3 Å². The fraction of sp³-hybridized carbons (Fsp3) is 0.200. The van der Waals surface area contributed by atoms with E-state index in [2.05, 4.69) is 17.3 Å². The van der Waals surface area contributed by atoms with E-state index in [0.717, 1.165) is 33.7 Å². The Hall–Kier alpha value is -1.85. The monoisotopic (exact) mass is 318 g/mol. The normalized spacial score (nSPS) is 10.8. The van der Waals surface area contributed by atoms with E-state index in [1.54, 1.807) is 11.3 Å². The summed E-state index contributed by atoms with van der Waals surface area (Å²) in [6.45, 7) is 2.09. The first-order valence-electron chi connectivity index (χ1n) is 6.66. The van der Waals surface area contributed by atoms with Crippen LogP contribution in [-0.4, -0.2) is 21.7 Å². The minimum atomic E-state index is 0.734. The van der Waals surface area contributed by atoms with Crippen LogP contribution >= 0.6 is 22.9 Å². The third-order valence-corrected chi connectivity index (χ3v) is 4.40. The van der Waals surface area contributed by atoms with Gasteiger partial charge in [0.05, 0.1) is 5.69 Å². The average molecular weight is 319 g/mol. The Morgan fingerprint density at radius 3 is 2.76 bits per heavy atom. The van der Waals surface area contributed by atoms with Gasteiger partial charge >= 0.3 is 0 Å². The molecule has 3 aromatic rings. The summed E-state index contributed by atoms with van der Waals surface area (Å²) in [4.78, 5) is 9.03. The summed E-state index contributed by atoms with van der Waals surface area (Å²) in [5.74, 6) is 1.01. The summed E-state index contributed by atoms with van der Waals surface area (Å²) in [5.41, 5.74) is 2.02. The lowest BCUT2D eigenvalue weighted by Crippen LogP contribution is -2.25. The highest BCUT2D eigenvalue weighted by Gasteiger charge is 2.12. The number of nitrogens with zero attached hydrogens (tertiary/aromatic N) is 4. The van der Waals surface area contributed by atoms with Crippen molar-refractivity contribution in [2.24, 2.45) is 0 Å². The number of hydrogen-bond acceptors (Lipinski definition) is 4. The molecule has 0 saturated heterocycles. The minimum Gasteiger partial charge on any atom is -0.257 e. The van der Waals surface area contributed by atoms with Gasteiger partial charge in [-0.25, -0.2) is 14.6 Å². The molecule has 3 rings (SSSR count). The molecule has 0 unspecified atom stereocenters. The maximum absolute atomic E-state index is 5.92. The van der Waals surface area contributed by atoms with Gasteiger partial charge in [0.15, 0.2) is 0 Å². The SMILES string of the molecule is CCc1nccn1N(C)c1nc(-c2ccc(Cl)cc2)cs1. The summed E-state index contributed by atoms with van der Waals surface area (Å²) >= 11 is 7.53. The van der Waals surface area contributed by atoms with Crippen LogP contribution in [0.2, 0.25) is 5.02 Å². The molecule has 0 saturated carbocycles. The molecule has 0 spiro atoms. The second-order valence-electron chi connectivity index (χ2n) is 4.59. The summed E-state index contributed by atoms with van der Waals surface area (Å²) in [6.07, 6.45) is 4.64. The Balaban J connectivity index is 1.89. The molecule has 0 amide bonds. The van der Waals surface area contributed by atoms with Crippen LogP contribution in [0.1, 0.15) is 12.7 Å². The fourth-order valence-electron chi connectivity index (χ4n) is 2.11. The second-order valence-corrected chi connectivity index (χ2v) is 5.86. The summed E-state index contributed by atoms with van der Waals surface area (Å²) in [7, 11) is 1.99. The van der Waals surface area contributed by atoms with Gasteiger partial charge in [-0.1, -0.05) is 30.7 Å². The van der Waals surface area contributed by atoms with Crippen LogP contribution in [0.4, 0.5) is 5.13 Å². The molecule has 2 aromatic heterocycles. The molecule has 0 aliphatic heterocycles. The summed E-state index contributed by atoms with van der Waals surface area (Å²) in [6, 6.07) is 7.72. The van der Waals surface area contributed by atoms with E-state index in [0.29, 0.717) is 0 Å². The standard InChI is InChI=1S/C15H15ClN4S/c1-3-14-17-8-9-20(14)19(2)15-18-13(10-21-15)11-4-6-12(16)7-5-11/h4-10H,3H2,1-2H3. The Bertz CT molecular complexity index is 732. The van der Waals surface area contributed by atoms with E-state index in [4.69, 9.17) is 16.6 Å². The first kappa shape index (κ1) is 14.1. The van der Waals surface area contributed by atoms with Crippen LogP contribution in [0.3, 0.4) is 0 Å². The maximum Gasteiger partial charge on any atom is 0.205 e. The molecule has 0 radical (unpaired) electrons. The molecule has 1 aromatic carbocycles. The molecular formula is C15H15ClN4S. The van der Waals surface area contributed by atoms with E-state index < -0.39 is 0 Å². The van der Waals surface area contributed by atoms with Gasteiger partial charge < -0.3 is 0 Å². The lowest BCUT2D eigenvalue weighted by Gasteiger charge is -2.18. The predicted molar refractivity (Wildman–Crippen MR) is 88.0 cm³/mol. The molecule has 0 bridgehead atoms. The third-order valence-electron chi connectivity index (χ3n) is 3.24. The Labute approximate surface area is 132 Å². The van der Waals surface area contributed by atoms with Crippen molar-refractivity contribution in [2.45, 2.75) is 13.3 Å². The maximum atomic E-state index is 5.92. The topological polar surface area (TPSA) is 34.0 Å². The zero-order valence-electron chi connectivity index (χ0n) is 11.8. The predicted octanol–water partition coefficient (Wildman–Crippen LogP) is 4.12. The van der Waals surface area contributed by atoms with Gasteiger partial charge in [0, 0.05) is 41.8 Å². The molecule has 0 aliphatic carbocycles. The van der Waals surface area contributed by atoms with Crippen LogP contribution in [0.15, 0.2) is 42.0 Å². The smallest absolute Gasteiger partial charge is 0.205 e. The van der Waals surface area contributed by atoms with E-state index >= 15 is 0 Å². The van der Waals surface area contributed by atoms with Crippen molar-refractivity contribution >= 4 is 28.1 Å². The summed E-state index contributed by atoms with van der Waals surface area (Å²) < 4.78 is 2.02. The highest BCUT2D eigenvalue weighted by Crippen LogP contribution is 2.28. The number of rotatable bonds is 4. The molecule has 0 fully saturated rings. The van der Waals surface area contributed by atoms with Crippen LogP contribution in [-0.2, 0) is 6.42 Å². The Morgan fingerprint density at radius 2 is 2.05 bits per heavy atom. The largest absolute Gasteiger partial charge is 0.257 e. The highest BCUT2D eigenvalue weighted by molar-refractivity contribution is 7.14. The van der Waals surface area contributed by atoms with E-state index in [9.17, 15) is 0 Å². The lowest BCUT2D eigenvalue weighted by molar-refractivity contribution is 0.713. The van der Waals surface area contributed by atoms with Crippen LogP contribution in [0.25, 0.3) is 11.3 Å². The zero-order valence-corrected chi connectivity index (χ0v) is 13.4. The van der Waals surface area contributed by atoms with Crippen molar-refractivity contribution in [3.63, 3.8) is 0 Å². The zero-order chi connectivity index (χ0) is 14.8. The van der Waals surface area contributed by atoms with Crippen molar-refractivity contribution < 1.29 is 0 Å². The van der Waals surface area contributed by atoms with Crippen LogP contribution in [0, 0.1) is 0 Å². The van der Waals surface area contributed by atoms with Crippen LogP contribution < -0.4 is 5.01 Å². The molecule has 4 nitrogen and oxygen atoms in total. The number of aryl methyl sites for hydroxylation is 1. The first-order valence-corrected chi connectivity index (χ1v) is 7.92. The molecular weight excluding hydrogens is 304 g/mol. The Morgan fingerprint density at radius 1 is 1.29 bits per heavy atom. The number of hydrogen-bond donors (Lipinski definition) is 0. The molecule has 0 aliphatic rings. The minimum absolute atomic E-state index is 0.734. The molecule has 21 heavy (non-hydrogen) atoms. The van der Waals surface area contributed by atoms with E-state index in [1.165, 1.54) is 0 Å². The van der Waals surface area contributed by atoms with E-state index in [1.807, 2.05) is 53.4 Å². The van der Waals surface area contributed by atoms with Crippen molar-refractivity contribution in [3.8, 4) is 11.3 Å². The molecule has 0 atom stereocenters. The number of aromatic nitrogens is 3. The molecule has 6 heteroatoms. The van der Waals surface area contributed by atoms with Crippen LogP contribution in [0.5, 0.6) is 0 Å². The van der Waals surface area contributed by atoms with Crippen molar-refractivity contribution in [2.75, 3.05) is 12.1 Å². The lowest BCUT2D eigenvalue weighted by atomic mass is 10.2. The Kier molecular flexibility index (Phi) is 3.94. The van der Waals surface area contributed by atoms with Gasteiger partial charge in [0.2, 0.25) is 5.13 Å². The molecule has 2 heterocycles. The number of benzene rings is 1. The molecule has 108 valence electrons. The van der Waals surface area contributed by atoms with Gasteiger partial charge in [0.1, 0.15) is 5.82 Å². The van der Waals surface area contributed by atoms with Gasteiger partial charge in [-0.2, -0.15) is 0 Å². The highest BCUT2D eigenvalue weighted by atomic mass is 35.5. The number of halogens is 1. The average Bonchev–Trinajstić information content (AvgIpc) is 3.16. The van der Waals surface area contributed by atoms with Crippen molar-refractivity contribution in [3.05, 3.63) is 52.9 Å².